The standard InChI is InChI=1S/C18H38N6O/c1-19-17-6-7-21-18(23-17)22-15-4-5-16(25-2)14(12-15)13-20-8-11-24-9-3-10-24/h14-23H,3-13H2,1-2H3. The Labute approximate surface area is 153 Å². The first-order chi connectivity index (χ1) is 12.3. The van der Waals surface area contributed by atoms with E-state index in [0.717, 1.165) is 32.5 Å². The van der Waals surface area contributed by atoms with E-state index in [1.807, 2.05) is 14.2 Å². The van der Waals surface area contributed by atoms with Crippen LogP contribution in [-0.2, 0) is 4.74 Å². The molecular weight excluding hydrogens is 316 g/mol. The monoisotopic (exact) mass is 354 g/mol. The van der Waals surface area contributed by atoms with Crippen LogP contribution in [-0.4, -0.2) is 82.9 Å². The summed E-state index contributed by atoms with van der Waals surface area (Å²) in [5.74, 6) is 0.594. The lowest BCUT2D eigenvalue weighted by Crippen LogP contribution is -2.65. The molecule has 5 atom stereocenters. The van der Waals surface area contributed by atoms with E-state index in [1.54, 1.807) is 0 Å². The highest BCUT2D eigenvalue weighted by molar-refractivity contribution is 4.88. The average Bonchev–Trinajstić information content (AvgIpc) is 2.60. The van der Waals surface area contributed by atoms with Crippen LogP contribution in [0.3, 0.4) is 0 Å². The predicted octanol–water partition coefficient (Wildman–Crippen LogP) is -0.533. The van der Waals surface area contributed by atoms with Gasteiger partial charge in [0, 0.05) is 39.3 Å². The second-order valence-electron chi connectivity index (χ2n) is 7.79. The van der Waals surface area contributed by atoms with Crippen molar-refractivity contribution < 1.29 is 4.74 Å². The van der Waals surface area contributed by atoms with E-state index in [9.17, 15) is 0 Å². The first kappa shape index (κ1) is 19.5. The number of ether oxygens (including phenoxy) is 1. The molecule has 0 amide bonds. The second-order valence-corrected chi connectivity index (χ2v) is 7.79. The van der Waals surface area contributed by atoms with Gasteiger partial charge in [-0.25, -0.2) is 0 Å². The quantitative estimate of drug-likeness (QED) is 0.357. The van der Waals surface area contributed by atoms with Crippen LogP contribution in [0, 0.1) is 5.92 Å². The van der Waals surface area contributed by atoms with Crippen molar-refractivity contribution in [1.82, 2.24) is 31.5 Å². The Bertz CT molecular complexity index is 381. The molecule has 5 N–H and O–H groups in total. The number of methoxy groups -OCH3 is 1. The van der Waals surface area contributed by atoms with Crippen molar-refractivity contribution in [2.24, 2.45) is 5.92 Å². The summed E-state index contributed by atoms with van der Waals surface area (Å²) in [5, 5.41) is 17.9. The topological polar surface area (TPSA) is 72.6 Å². The SMILES string of the molecule is CNC1CCNC(NC2CCC(OC)C(CNCCN3CCC3)C2)N1. The first-order valence-electron chi connectivity index (χ1n) is 10.2. The van der Waals surface area contributed by atoms with Crippen LogP contribution >= 0.6 is 0 Å². The Morgan fingerprint density at radius 2 is 2.08 bits per heavy atom. The van der Waals surface area contributed by atoms with Gasteiger partial charge in [-0.05, 0) is 58.2 Å². The normalized spacial score (nSPS) is 37.0. The maximum atomic E-state index is 5.77. The Balaban J connectivity index is 1.39. The molecule has 3 fully saturated rings. The largest absolute Gasteiger partial charge is 0.381 e. The van der Waals surface area contributed by atoms with Crippen molar-refractivity contribution in [3.8, 4) is 0 Å². The van der Waals surface area contributed by atoms with Crippen LogP contribution in [0.2, 0.25) is 0 Å². The molecule has 3 rings (SSSR count). The molecule has 0 radical (unpaired) electrons. The van der Waals surface area contributed by atoms with E-state index >= 15 is 0 Å². The van der Waals surface area contributed by atoms with Gasteiger partial charge in [-0.3, -0.25) is 16.0 Å². The molecule has 1 saturated carbocycles. The van der Waals surface area contributed by atoms with Gasteiger partial charge in [-0.1, -0.05) is 0 Å². The van der Waals surface area contributed by atoms with E-state index in [-0.39, 0.29) is 6.29 Å². The summed E-state index contributed by atoms with van der Waals surface area (Å²) in [7, 11) is 3.89. The molecule has 146 valence electrons. The average molecular weight is 355 g/mol. The van der Waals surface area contributed by atoms with Gasteiger partial charge in [0.25, 0.3) is 0 Å². The summed E-state index contributed by atoms with van der Waals surface area (Å²) in [6.07, 6.45) is 7.00. The number of likely N-dealkylation sites (tertiary alicyclic amines) is 1. The minimum absolute atomic E-state index is 0.204. The van der Waals surface area contributed by atoms with E-state index in [2.05, 4.69) is 31.5 Å². The maximum absolute atomic E-state index is 5.77. The minimum atomic E-state index is 0.204. The highest BCUT2D eigenvalue weighted by atomic mass is 16.5. The van der Waals surface area contributed by atoms with Crippen molar-refractivity contribution in [3.63, 3.8) is 0 Å². The zero-order chi connectivity index (χ0) is 17.5. The molecule has 2 aliphatic heterocycles. The van der Waals surface area contributed by atoms with Gasteiger partial charge in [-0.15, -0.1) is 0 Å². The number of nitrogens with zero attached hydrogens (tertiary/aromatic N) is 1. The molecule has 3 aliphatic rings. The zero-order valence-electron chi connectivity index (χ0n) is 16.0. The Kier molecular flexibility index (Phi) is 7.91. The fourth-order valence-corrected chi connectivity index (χ4v) is 4.33. The van der Waals surface area contributed by atoms with E-state index in [0.29, 0.717) is 24.2 Å². The van der Waals surface area contributed by atoms with Crippen LogP contribution in [0.5, 0.6) is 0 Å². The maximum Gasteiger partial charge on any atom is 0.113 e. The molecule has 0 aromatic rings. The molecule has 7 nitrogen and oxygen atoms in total. The van der Waals surface area contributed by atoms with Gasteiger partial charge in [0.2, 0.25) is 0 Å². The van der Waals surface area contributed by atoms with Gasteiger partial charge < -0.3 is 20.3 Å². The zero-order valence-corrected chi connectivity index (χ0v) is 16.0. The number of hydrogen-bond acceptors (Lipinski definition) is 7. The molecule has 0 bridgehead atoms. The summed E-state index contributed by atoms with van der Waals surface area (Å²) in [6.45, 7) is 6.97. The van der Waals surface area contributed by atoms with E-state index in [1.165, 1.54) is 38.9 Å². The predicted molar refractivity (Wildman–Crippen MR) is 101 cm³/mol. The third-order valence-electron chi connectivity index (χ3n) is 6.08. The van der Waals surface area contributed by atoms with Crippen molar-refractivity contribution >= 4 is 0 Å². The lowest BCUT2D eigenvalue weighted by molar-refractivity contribution is 0.0112. The summed E-state index contributed by atoms with van der Waals surface area (Å²) >= 11 is 0. The third-order valence-corrected chi connectivity index (χ3v) is 6.08. The van der Waals surface area contributed by atoms with Crippen molar-refractivity contribution in [1.29, 1.82) is 0 Å². The van der Waals surface area contributed by atoms with Crippen LogP contribution in [0.25, 0.3) is 0 Å². The second kappa shape index (κ2) is 10.2. The Morgan fingerprint density at radius 3 is 2.80 bits per heavy atom. The lowest BCUT2D eigenvalue weighted by atomic mass is 9.83. The van der Waals surface area contributed by atoms with Crippen molar-refractivity contribution in [3.05, 3.63) is 0 Å². The first-order valence-corrected chi connectivity index (χ1v) is 10.2. The summed E-state index contributed by atoms with van der Waals surface area (Å²) in [6, 6.07) is 0.550. The fourth-order valence-electron chi connectivity index (χ4n) is 4.33. The summed E-state index contributed by atoms with van der Waals surface area (Å²) in [4.78, 5) is 2.52. The lowest BCUT2D eigenvalue weighted by Gasteiger charge is -2.40. The molecule has 5 unspecified atom stereocenters. The van der Waals surface area contributed by atoms with Gasteiger partial charge >= 0.3 is 0 Å². The molecule has 0 spiro atoms. The Morgan fingerprint density at radius 1 is 1.20 bits per heavy atom. The molecule has 2 saturated heterocycles. The third kappa shape index (κ3) is 5.85. The molecule has 2 heterocycles. The fraction of sp³-hybridized carbons (Fsp3) is 1.00. The smallest absolute Gasteiger partial charge is 0.113 e. The van der Waals surface area contributed by atoms with E-state index < -0.39 is 0 Å². The van der Waals surface area contributed by atoms with E-state index in [4.69, 9.17) is 4.74 Å². The molecular formula is C18H38N6O. The van der Waals surface area contributed by atoms with Crippen LogP contribution in [0.4, 0.5) is 0 Å². The number of hydrogen-bond donors (Lipinski definition) is 5. The number of nitrogens with one attached hydrogen (secondary N) is 5. The van der Waals surface area contributed by atoms with Crippen molar-refractivity contribution in [2.45, 2.75) is 56.7 Å². The molecule has 0 aromatic carbocycles. The van der Waals surface area contributed by atoms with Gasteiger partial charge in [0.15, 0.2) is 0 Å². The molecule has 25 heavy (non-hydrogen) atoms. The van der Waals surface area contributed by atoms with Gasteiger partial charge in [0.1, 0.15) is 6.29 Å². The molecule has 1 aliphatic carbocycles. The molecule has 0 aromatic heterocycles. The van der Waals surface area contributed by atoms with Crippen LogP contribution in [0.15, 0.2) is 0 Å². The minimum Gasteiger partial charge on any atom is -0.381 e. The van der Waals surface area contributed by atoms with Crippen LogP contribution in [0.1, 0.15) is 32.1 Å². The number of rotatable bonds is 9. The highest BCUT2D eigenvalue weighted by Gasteiger charge is 2.32. The van der Waals surface area contributed by atoms with Crippen molar-refractivity contribution in [2.75, 3.05) is 53.4 Å². The highest BCUT2D eigenvalue weighted by Crippen LogP contribution is 2.26. The summed E-state index contributed by atoms with van der Waals surface area (Å²) < 4.78 is 5.77. The van der Waals surface area contributed by atoms with Gasteiger partial charge in [0.05, 0.1) is 12.3 Å². The van der Waals surface area contributed by atoms with Gasteiger partial charge in [-0.2, -0.15) is 0 Å². The Hall–Kier alpha value is -0.280. The summed E-state index contributed by atoms with van der Waals surface area (Å²) in [5.41, 5.74) is 0. The van der Waals surface area contributed by atoms with Crippen LogP contribution < -0.4 is 26.6 Å². The molecule has 7 heteroatoms.